The maximum absolute atomic E-state index is 13.0. The highest BCUT2D eigenvalue weighted by Crippen LogP contribution is 2.35. The van der Waals surface area contributed by atoms with Crippen molar-refractivity contribution in [2.75, 3.05) is 25.0 Å². The van der Waals surface area contributed by atoms with E-state index in [0.29, 0.717) is 31.2 Å². The standard InChI is InChI=1S/C21H24N8O3S/c30-17-4-1-3-16-15-9-14(11-29(16)17)10-28(12-15)21(32)24-20-18(25-26-33-20)19(31)23-5-2-7-27-8-6-22-13-27/h1,3-4,6,8,13-15H,2,5,7,9-12H2,(H,23,31)(H,24,32)/t14-,15-/m0/s1. The number of imidazole rings is 1. The second-order valence-corrected chi connectivity index (χ2v) is 9.15. The van der Waals surface area contributed by atoms with Crippen molar-refractivity contribution >= 4 is 28.5 Å². The van der Waals surface area contributed by atoms with Crippen molar-refractivity contribution in [3.8, 4) is 0 Å². The maximum atomic E-state index is 13.0. The predicted molar refractivity (Wildman–Crippen MR) is 121 cm³/mol. The summed E-state index contributed by atoms with van der Waals surface area (Å²) < 4.78 is 7.62. The first-order valence-corrected chi connectivity index (χ1v) is 11.7. The minimum atomic E-state index is -0.367. The summed E-state index contributed by atoms with van der Waals surface area (Å²) in [6, 6.07) is 5.04. The minimum absolute atomic E-state index is 0.0107. The van der Waals surface area contributed by atoms with E-state index in [1.54, 1.807) is 29.6 Å². The number of urea groups is 1. The Bertz CT molecular complexity index is 1200. The zero-order valence-corrected chi connectivity index (χ0v) is 18.7. The zero-order chi connectivity index (χ0) is 22.8. The van der Waals surface area contributed by atoms with Crippen LogP contribution < -0.4 is 16.2 Å². The number of anilines is 1. The Morgan fingerprint density at radius 1 is 1.21 bits per heavy atom. The van der Waals surface area contributed by atoms with Crippen LogP contribution in [0.2, 0.25) is 0 Å². The summed E-state index contributed by atoms with van der Waals surface area (Å²) in [5, 5.41) is 9.88. The molecule has 3 amide bonds. The highest BCUT2D eigenvalue weighted by atomic mass is 32.1. The monoisotopic (exact) mass is 468 g/mol. The summed E-state index contributed by atoms with van der Waals surface area (Å²) in [5.74, 6) is -0.0246. The summed E-state index contributed by atoms with van der Waals surface area (Å²) in [7, 11) is 0. The molecule has 2 aliphatic heterocycles. The van der Waals surface area contributed by atoms with E-state index < -0.39 is 0 Å². The fourth-order valence-electron chi connectivity index (χ4n) is 4.63. The second-order valence-electron chi connectivity index (χ2n) is 8.39. The largest absolute Gasteiger partial charge is 0.350 e. The van der Waals surface area contributed by atoms with Gasteiger partial charge in [-0.25, -0.2) is 9.78 Å². The summed E-state index contributed by atoms with van der Waals surface area (Å²) in [4.78, 5) is 43.5. The van der Waals surface area contributed by atoms with Crippen LogP contribution in [0.3, 0.4) is 0 Å². The van der Waals surface area contributed by atoms with Crippen LogP contribution in [0.4, 0.5) is 9.80 Å². The summed E-state index contributed by atoms with van der Waals surface area (Å²) >= 11 is 0.981. The third kappa shape index (κ3) is 4.51. The molecule has 5 heterocycles. The number of carbonyl (C=O) groups is 2. The van der Waals surface area contributed by atoms with E-state index in [1.165, 1.54) is 0 Å². The van der Waals surface area contributed by atoms with Crippen LogP contribution >= 0.6 is 11.5 Å². The van der Waals surface area contributed by atoms with E-state index in [9.17, 15) is 14.4 Å². The maximum Gasteiger partial charge on any atom is 0.322 e. The number of aryl methyl sites for hydroxylation is 1. The van der Waals surface area contributed by atoms with Crippen molar-refractivity contribution < 1.29 is 9.59 Å². The van der Waals surface area contributed by atoms with Crippen LogP contribution in [-0.4, -0.2) is 60.2 Å². The van der Waals surface area contributed by atoms with Gasteiger partial charge in [-0.05, 0) is 24.8 Å². The lowest BCUT2D eigenvalue weighted by molar-refractivity contribution is 0.0948. The molecule has 12 heteroatoms. The molecule has 33 heavy (non-hydrogen) atoms. The number of likely N-dealkylation sites (tertiary alicyclic amines) is 1. The molecular formula is C21H24N8O3S. The minimum Gasteiger partial charge on any atom is -0.350 e. The third-order valence-electron chi connectivity index (χ3n) is 6.13. The molecule has 2 aliphatic rings. The van der Waals surface area contributed by atoms with Crippen LogP contribution in [0.5, 0.6) is 0 Å². The van der Waals surface area contributed by atoms with E-state index in [-0.39, 0.29) is 35.0 Å². The van der Waals surface area contributed by atoms with Gasteiger partial charge in [0.15, 0.2) is 10.7 Å². The Hall–Kier alpha value is -3.54. The number of hydrogen-bond donors (Lipinski definition) is 2. The molecule has 0 saturated carbocycles. The summed E-state index contributed by atoms with van der Waals surface area (Å²) in [6.45, 7) is 2.91. The number of aromatic nitrogens is 5. The van der Waals surface area contributed by atoms with Gasteiger partial charge in [-0.15, -0.1) is 5.10 Å². The lowest BCUT2D eigenvalue weighted by Crippen LogP contribution is -2.50. The average molecular weight is 469 g/mol. The van der Waals surface area contributed by atoms with Gasteiger partial charge in [0, 0.05) is 74.3 Å². The smallest absolute Gasteiger partial charge is 0.322 e. The van der Waals surface area contributed by atoms with Crippen molar-refractivity contribution in [3.63, 3.8) is 0 Å². The number of amides is 3. The van der Waals surface area contributed by atoms with Gasteiger partial charge in [0.2, 0.25) is 0 Å². The van der Waals surface area contributed by atoms with Gasteiger partial charge in [0.05, 0.1) is 6.33 Å². The molecule has 5 rings (SSSR count). The van der Waals surface area contributed by atoms with Gasteiger partial charge in [-0.1, -0.05) is 10.6 Å². The molecule has 2 atom stereocenters. The number of pyridine rings is 1. The number of piperidine rings is 1. The molecule has 0 radical (unpaired) electrons. The van der Waals surface area contributed by atoms with Gasteiger partial charge in [0.1, 0.15) is 0 Å². The van der Waals surface area contributed by atoms with Crippen molar-refractivity contribution in [3.05, 3.63) is 58.7 Å². The van der Waals surface area contributed by atoms with Gasteiger partial charge in [-0.3, -0.25) is 14.9 Å². The molecule has 2 bridgehead atoms. The molecule has 1 fully saturated rings. The van der Waals surface area contributed by atoms with Crippen LogP contribution in [0.1, 0.15) is 34.9 Å². The van der Waals surface area contributed by atoms with Gasteiger partial charge < -0.3 is 19.4 Å². The number of nitrogens with zero attached hydrogens (tertiary/aromatic N) is 6. The molecule has 0 aliphatic carbocycles. The Morgan fingerprint density at radius 3 is 2.97 bits per heavy atom. The molecule has 0 unspecified atom stereocenters. The lowest BCUT2D eigenvalue weighted by Gasteiger charge is -2.42. The van der Waals surface area contributed by atoms with Gasteiger partial charge in [-0.2, -0.15) is 0 Å². The molecule has 3 aromatic rings. The van der Waals surface area contributed by atoms with Crippen LogP contribution in [0.15, 0.2) is 41.7 Å². The topological polar surface area (TPSA) is 127 Å². The molecule has 3 aromatic heterocycles. The number of nitrogens with one attached hydrogen (secondary N) is 2. The molecule has 0 aromatic carbocycles. The fourth-order valence-corrected chi connectivity index (χ4v) is 5.18. The summed E-state index contributed by atoms with van der Waals surface area (Å²) in [5.41, 5.74) is 1.10. The van der Waals surface area contributed by atoms with E-state index in [2.05, 4.69) is 25.2 Å². The SMILES string of the molecule is O=C(NCCCn1ccnc1)c1nnsc1NC(=O)N1C[C@@H]2C[C@@H](C1)c1cccc(=O)n1C2. The predicted octanol–water partition coefficient (Wildman–Crippen LogP) is 1.37. The Morgan fingerprint density at radius 2 is 2.12 bits per heavy atom. The van der Waals surface area contributed by atoms with Crippen LogP contribution in [-0.2, 0) is 13.1 Å². The second kappa shape index (κ2) is 9.14. The van der Waals surface area contributed by atoms with E-state index in [1.807, 2.05) is 21.4 Å². The summed E-state index contributed by atoms with van der Waals surface area (Å²) in [6.07, 6.45) is 7.00. The fraction of sp³-hybridized carbons (Fsp3) is 0.429. The number of carbonyl (C=O) groups excluding carboxylic acids is 2. The number of hydrogen-bond acceptors (Lipinski definition) is 7. The van der Waals surface area contributed by atoms with Crippen molar-refractivity contribution in [2.45, 2.75) is 31.8 Å². The Labute approximate surface area is 193 Å². The van der Waals surface area contributed by atoms with Crippen LogP contribution in [0.25, 0.3) is 0 Å². The lowest BCUT2D eigenvalue weighted by atomic mass is 9.83. The zero-order valence-electron chi connectivity index (χ0n) is 17.9. The van der Waals surface area contributed by atoms with Gasteiger partial charge >= 0.3 is 6.03 Å². The highest BCUT2D eigenvalue weighted by Gasteiger charge is 2.36. The highest BCUT2D eigenvalue weighted by molar-refractivity contribution is 7.10. The van der Waals surface area contributed by atoms with E-state index in [4.69, 9.17) is 0 Å². The van der Waals surface area contributed by atoms with Crippen LogP contribution in [0, 0.1) is 5.92 Å². The van der Waals surface area contributed by atoms with Gasteiger partial charge in [0.25, 0.3) is 11.5 Å². The number of fused-ring (bicyclic) bond motifs is 4. The number of rotatable bonds is 6. The first-order chi connectivity index (χ1) is 16.1. The van der Waals surface area contributed by atoms with Crippen molar-refractivity contribution in [1.29, 1.82) is 0 Å². The molecule has 2 N–H and O–H groups in total. The third-order valence-corrected chi connectivity index (χ3v) is 6.77. The normalized spacial score (nSPS) is 19.1. The molecule has 11 nitrogen and oxygen atoms in total. The average Bonchev–Trinajstić information content (AvgIpc) is 3.49. The van der Waals surface area contributed by atoms with E-state index >= 15 is 0 Å². The first-order valence-electron chi connectivity index (χ1n) is 10.9. The molecule has 172 valence electrons. The first kappa shape index (κ1) is 21.3. The Balaban J connectivity index is 1.19. The van der Waals surface area contributed by atoms with Crippen molar-refractivity contribution in [1.82, 2.24) is 33.9 Å². The van der Waals surface area contributed by atoms with E-state index in [0.717, 1.165) is 36.6 Å². The molecule has 0 spiro atoms. The molecule has 1 saturated heterocycles. The quantitative estimate of drug-likeness (QED) is 0.526. The molecular weight excluding hydrogens is 444 g/mol. The Kier molecular flexibility index (Phi) is 5.90. The van der Waals surface area contributed by atoms with Crippen molar-refractivity contribution in [2.24, 2.45) is 5.92 Å².